The van der Waals surface area contributed by atoms with Gasteiger partial charge in [0.15, 0.2) is 0 Å². The third-order valence-electron chi connectivity index (χ3n) is 5.57. The maximum Gasteiger partial charge on any atom is 0.227 e. The summed E-state index contributed by atoms with van der Waals surface area (Å²) in [6, 6.07) is 0.363. The second kappa shape index (κ2) is 6.02. The van der Waals surface area contributed by atoms with Crippen LogP contribution in [-0.4, -0.2) is 42.1 Å². The number of amides is 1. The van der Waals surface area contributed by atoms with E-state index in [0.717, 1.165) is 32.2 Å². The van der Waals surface area contributed by atoms with E-state index in [-0.39, 0.29) is 18.1 Å². The molecule has 1 heterocycles. The molecule has 0 spiro atoms. The molecule has 5 atom stereocenters. The Kier molecular flexibility index (Phi) is 4.32. The van der Waals surface area contributed by atoms with Crippen molar-refractivity contribution in [2.75, 3.05) is 13.2 Å². The zero-order valence-electron chi connectivity index (χ0n) is 12.6. The van der Waals surface area contributed by atoms with Gasteiger partial charge in [-0.3, -0.25) is 4.79 Å². The molecule has 0 aromatic heterocycles. The summed E-state index contributed by atoms with van der Waals surface area (Å²) < 4.78 is 5.88. The van der Waals surface area contributed by atoms with Crippen molar-refractivity contribution < 1.29 is 9.53 Å². The molecular formula is C16H28N2O2. The summed E-state index contributed by atoms with van der Waals surface area (Å²) in [6.07, 6.45) is 8.26. The summed E-state index contributed by atoms with van der Waals surface area (Å²) in [5.74, 6) is 0.769. The second-order valence-electron chi connectivity index (χ2n) is 6.89. The van der Waals surface area contributed by atoms with Crippen LogP contribution in [0.15, 0.2) is 0 Å². The van der Waals surface area contributed by atoms with Crippen molar-refractivity contribution in [1.82, 2.24) is 4.90 Å². The minimum absolute atomic E-state index is 0.0319. The number of morpholine rings is 1. The Balaban J connectivity index is 1.74. The Morgan fingerprint density at radius 2 is 1.95 bits per heavy atom. The smallest absolute Gasteiger partial charge is 0.227 e. The van der Waals surface area contributed by atoms with Crippen LogP contribution in [0.3, 0.4) is 0 Å². The topological polar surface area (TPSA) is 55.6 Å². The van der Waals surface area contributed by atoms with Gasteiger partial charge in [-0.1, -0.05) is 26.2 Å². The number of carbonyl (C=O) groups is 1. The zero-order valence-corrected chi connectivity index (χ0v) is 12.6. The molecule has 114 valence electrons. The third-order valence-corrected chi connectivity index (χ3v) is 5.57. The number of nitrogens with zero attached hydrogens (tertiary/aromatic N) is 1. The van der Waals surface area contributed by atoms with E-state index in [4.69, 9.17) is 10.5 Å². The minimum atomic E-state index is 0.0319. The fraction of sp³-hybridized carbons (Fsp3) is 0.938. The van der Waals surface area contributed by atoms with Gasteiger partial charge in [0.2, 0.25) is 5.91 Å². The lowest BCUT2D eigenvalue weighted by molar-refractivity contribution is -0.157. The monoisotopic (exact) mass is 280 g/mol. The molecular weight excluding hydrogens is 252 g/mol. The first kappa shape index (κ1) is 14.3. The van der Waals surface area contributed by atoms with Crippen LogP contribution in [0, 0.1) is 11.8 Å². The molecule has 3 rings (SSSR count). The average molecular weight is 280 g/mol. The second-order valence-corrected chi connectivity index (χ2v) is 6.89. The van der Waals surface area contributed by atoms with Gasteiger partial charge in [-0.05, 0) is 31.6 Å². The molecule has 2 N–H and O–H groups in total. The van der Waals surface area contributed by atoms with Gasteiger partial charge in [-0.15, -0.1) is 0 Å². The van der Waals surface area contributed by atoms with E-state index < -0.39 is 0 Å². The van der Waals surface area contributed by atoms with Crippen molar-refractivity contribution in [3.63, 3.8) is 0 Å². The molecule has 4 nitrogen and oxygen atoms in total. The Hall–Kier alpha value is -0.610. The first-order chi connectivity index (χ1) is 9.68. The molecule has 3 aliphatic rings. The van der Waals surface area contributed by atoms with Crippen LogP contribution < -0.4 is 5.73 Å². The predicted molar refractivity (Wildman–Crippen MR) is 78.2 cm³/mol. The van der Waals surface area contributed by atoms with E-state index in [1.807, 2.05) is 0 Å². The Morgan fingerprint density at radius 1 is 1.15 bits per heavy atom. The van der Waals surface area contributed by atoms with E-state index in [9.17, 15) is 4.79 Å². The number of nitrogens with two attached hydrogens (primary N) is 1. The summed E-state index contributed by atoms with van der Waals surface area (Å²) >= 11 is 0. The van der Waals surface area contributed by atoms with E-state index in [2.05, 4.69) is 11.8 Å². The Bertz CT molecular complexity index is 348. The lowest BCUT2D eigenvalue weighted by atomic mass is 9.76. The normalized spacial score (nSPS) is 42.1. The highest BCUT2D eigenvalue weighted by molar-refractivity contribution is 5.80. The average Bonchev–Trinajstić information content (AvgIpc) is 2.46. The van der Waals surface area contributed by atoms with E-state index in [1.165, 1.54) is 19.3 Å². The van der Waals surface area contributed by atoms with Crippen molar-refractivity contribution >= 4 is 5.91 Å². The van der Waals surface area contributed by atoms with E-state index in [0.29, 0.717) is 24.5 Å². The first-order valence-electron chi connectivity index (χ1n) is 8.36. The predicted octanol–water partition coefficient (Wildman–Crippen LogP) is 1.92. The van der Waals surface area contributed by atoms with Gasteiger partial charge in [0.25, 0.3) is 0 Å². The highest BCUT2D eigenvalue weighted by atomic mass is 16.5. The van der Waals surface area contributed by atoms with Crippen LogP contribution in [0.2, 0.25) is 0 Å². The fourth-order valence-electron chi connectivity index (χ4n) is 4.44. The molecule has 0 radical (unpaired) electrons. The number of rotatable bonds is 1. The van der Waals surface area contributed by atoms with Gasteiger partial charge in [-0.2, -0.15) is 0 Å². The Morgan fingerprint density at radius 3 is 2.75 bits per heavy atom. The number of carbonyl (C=O) groups excluding carboxylic acids is 1. The molecule has 2 saturated carbocycles. The molecule has 0 aromatic carbocycles. The van der Waals surface area contributed by atoms with Gasteiger partial charge >= 0.3 is 0 Å². The molecule has 0 aromatic rings. The van der Waals surface area contributed by atoms with Gasteiger partial charge in [0.1, 0.15) is 0 Å². The first-order valence-corrected chi connectivity index (χ1v) is 8.36. The quantitative estimate of drug-likeness (QED) is 0.798. The molecule has 3 fully saturated rings. The minimum Gasteiger partial charge on any atom is -0.374 e. The largest absolute Gasteiger partial charge is 0.374 e. The zero-order chi connectivity index (χ0) is 14.1. The number of hydrogen-bond acceptors (Lipinski definition) is 3. The molecule has 20 heavy (non-hydrogen) atoms. The summed E-state index contributed by atoms with van der Waals surface area (Å²) in [6.45, 7) is 3.65. The van der Waals surface area contributed by atoms with Crippen molar-refractivity contribution in [3.8, 4) is 0 Å². The summed E-state index contributed by atoms with van der Waals surface area (Å²) in [5.41, 5.74) is 6.27. The number of hydrogen-bond donors (Lipinski definition) is 1. The van der Waals surface area contributed by atoms with E-state index >= 15 is 0 Å². The molecule has 4 heteroatoms. The van der Waals surface area contributed by atoms with Gasteiger partial charge < -0.3 is 15.4 Å². The van der Waals surface area contributed by atoms with Gasteiger partial charge in [0.05, 0.1) is 24.7 Å². The molecule has 1 saturated heterocycles. The van der Waals surface area contributed by atoms with Crippen LogP contribution >= 0.6 is 0 Å². The molecule has 1 aliphatic heterocycles. The molecule has 2 aliphatic carbocycles. The maximum absolute atomic E-state index is 13.0. The van der Waals surface area contributed by atoms with Crippen LogP contribution in [0.5, 0.6) is 0 Å². The summed E-state index contributed by atoms with van der Waals surface area (Å²) in [4.78, 5) is 15.1. The summed E-state index contributed by atoms with van der Waals surface area (Å²) in [7, 11) is 0. The number of fused-ring (bicyclic) bond motifs is 1. The lowest BCUT2D eigenvalue weighted by Crippen LogP contribution is -2.59. The molecule has 0 bridgehead atoms. The van der Waals surface area contributed by atoms with Crippen LogP contribution in [0.25, 0.3) is 0 Å². The van der Waals surface area contributed by atoms with Gasteiger partial charge in [0, 0.05) is 12.6 Å². The Labute approximate surface area is 122 Å². The van der Waals surface area contributed by atoms with Gasteiger partial charge in [-0.25, -0.2) is 0 Å². The van der Waals surface area contributed by atoms with Crippen LogP contribution in [0.4, 0.5) is 0 Å². The highest BCUT2D eigenvalue weighted by Crippen LogP contribution is 2.34. The SMILES string of the molecule is CC1CCCC(N)C1C(=O)N1CCOC2CCCCC21. The number of ether oxygens (including phenoxy) is 1. The third kappa shape index (κ3) is 2.60. The van der Waals surface area contributed by atoms with Crippen molar-refractivity contribution in [1.29, 1.82) is 0 Å². The van der Waals surface area contributed by atoms with Crippen LogP contribution in [0.1, 0.15) is 51.9 Å². The van der Waals surface area contributed by atoms with Crippen LogP contribution in [-0.2, 0) is 9.53 Å². The molecule has 1 amide bonds. The van der Waals surface area contributed by atoms with Crippen molar-refractivity contribution in [3.05, 3.63) is 0 Å². The van der Waals surface area contributed by atoms with Crippen molar-refractivity contribution in [2.24, 2.45) is 17.6 Å². The van der Waals surface area contributed by atoms with E-state index in [1.54, 1.807) is 0 Å². The maximum atomic E-state index is 13.0. The summed E-state index contributed by atoms with van der Waals surface area (Å²) in [5, 5.41) is 0. The molecule has 5 unspecified atom stereocenters. The van der Waals surface area contributed by atoms with Crippen molar-refractivity contribution in [2.45, 2.75) is 70.1 Å². The highest BCUT2D eigenvalue weighted by Gasteiger charge is 2.42. The fourth-order valence-corrected chi connectivity index (χ4v) is 4.44. The lowest BCUT2D eigenvalue weighted by Gasteiger charge is -2.46. The standard InChI is InChI=1S/C16H28N2O2/c1-11-5-4-6-12(17)15(11)16(19)18-9-10-20-14-8-3-2-7-13(14)18/h11-15H,2-10,17H2,1H3.